The monoisotopic (exact) mass is 219 g/mol. The molecule has 1 heterocycles. The molecule has 0 aliphatic rings. The maximum Gasteiger partial charge on any atom is 0.427 e. The average Bonchev–Trinajstić information content (AvgIpc) is 2.53. The third-order valence-corrected chi connectivity index (χ3v) is 1.32. The maximum absolute atomic E-state index is 12.6. The highest BCUT2D eigenvalue weighted by atomic mass is 19.4. The quantitative estimate of drug-likeness (QED) is 0.709. The lowest BCUT2D eigenvalue weighted by molar-refractivity contribution is -0.275. The van der Waals surface area contributed by atoms with Crippen LogP contribution >= 0.6 is 0 Å². The Hall–Kier alpha value is -1.28. The first-order chi connectivity index (χ1) is 6.26. The van der Waals surface area contributed by atoms with Gasteiger partial charge in [0.15, 0.2) is 0 Å². The van der Waals surface area contributed by atoms with Gasteiger partial charge in [-0.15, -0.1) is 0 Å². The highest BCUT2D eigenvalue weighted by molar-refractivity contribution is 4.79. The van der Waals surface area contributed by atoms with Gasteiger partial charge in [-0.2, -0.15) is 31.7 Å². The Morgan fingerprint density at radius 1 is 1.14 bits per heavy atom. The number of hydrogen-bond acceptors (Lipinski definition) is 2. The number of halogens is 6. The van der Waals surface area contributed by atoms with Crippen molar-refractivity contribution < 1.29 is 26.3 Å². The van der Waals surface area contributed by atoms with E-state index in [2.05, 4.69) is 10.1 Å². The van der Waals surface area contributed by atoms with Crippen molar-refractivity contribution in [2.24, 2.45) is 0 Å². The van der Waals surface area contributed by atoms with Crippen molar-refractivity contribution in [1.82, 2.24) is 14.8 Å². The van der Waals surface area contributed by atoms with E-state index in [0.29, 0.717) is 12.7 Å². The van der Waals surface area contributed by atoms with Gasteiger partial charge in [0.25, 0.3) is 6.17 Å². The van der Waals surface area contributed by atoms with Gasteiger partial charge in [-0.1, -0.05) is 0 Å². The minimum Gasteiger partial charge on any atom is -0.228 e. The van der Waals surface area contributed by atoms with Crippen molar-refractivity contribution in [3.8, 4) is 0 Å². The van der Waals surface area contributed by atoms with Crippen LogP contribution in [0.25, 0.3) is 0 Å². The fraction of sp³-hybridized carbons (Fsp3) is 0.600. The summed E-state index contributed by atoms with van der Waals surface area (Å²) in [5.41, 5.74) is 0. The van der Waals surface area contributed by atoms with E-state index in [9.17, 15) is 26.3 Å². The van der Waals surface area contributed by atoms with Gasteiger partial charge < -0.3 is 0 Å². The van der Waals surface area contributed by atoms with Gasteiger partial charge in [-0.05, 0) is 0 Å². The third-order valence-electron chi connectivity index (χ3n) is 1.32. The molecule has 14 heavy (non-hydrogen) atoms. The first-order valence-corrected chi connectivity index (χ1v) is 3.20. The smallest absolute Gasteiger partial charge is 0.228 e. The number of alkyl halides is 6. The van der Waals surface area contributed by atoms with Crippen LogP contribution in [-0.4, -0.2) is 27.1 Å². The van der Waals surface area contributed by atoms with E-state index in [1.807, 2.05) is 0 Å². The Bertz CT molecular complexity index is 291. The van der Waals surface area contributed by atoms with Gasteiger partial charge in [0.1, 0.15) is 12.7 Å². The standard InChI is InChI=1S/C5H3F6N3/c6-3(4(7,8)9)5(10,11)14-2-12-1-13-14/h1-3H. The van der Waals surface area contributed by atoms with Crippen molar-refractivity contribution in [3.05, 3.63) is 12.7 Å². The Balaban J connectivity index is 2.96. The fourth-order valence-corrected chi connectivity index (χ4v) is 0.675. The van der Waals surface area contributed by atoms with E-state index >= 15 is 0 Å². The average molecular weight is 219 g/mol. The minimum absolute atomic E-state index is 0.304. The molecule has 0 fully saturated rings. The summed E-state index contributed by atoms with van der Waals surface area (Å²) in [6.45, 7) is 0. The molecule has 0 spiro atoms. The molecule has 80 valence electrons. The highest BCUT2D eigenvalue weighted by Gasteiger charge is 2.58. The van der Waals surface area contributed by atoms with E-state index in [1.165, 1.54) is 0 Å². The molecule has 0 saturated carbocycles. The molecular weight excluding hydrogens is 216 g/mol. The highest BCUT2D eigenvalue weighted by Crippen LogP contribution is 2.37. The summed E-state index contributed by atoms with van der Waals surface area (Å²) in [6, 6.07) is -4.78. The van der Waals surface area contributed by atoms with Crippen LogP contribution in [0.3, 0.4) is 0 Å². The van der Waals surface area contributed by atoms with Crippen molar-refractivity contribution in [3.63, 3.8) is 0 Å². The SMILES string of the molecule is FC(C(F)(F)F)C(F)(F)n1cncn1. The molecule has 0 N–H and O–H groups in total. The van der Waals surface area contributed by atoms with Gasteiger partial charge in [-0.3, -0.25) is 0 Å². The first kappa shape index (κ1) is 10.8. The predicted octanol–water partition coefficient (Wildman–Crippen LogP) is 1.73. The molecular formula is C5H3F6N3. The molecule has 0 aromatic carbocycles. The van der Waals surface area contributed by atoms with Gasteiger partial charge >= 0.3 is 12.2 Å². The predicted molar refractivity (Wildman–Crippen MR) is 31.2 cm³/mol. The normalized spacial score (nSPS) is 15.6. The molecule has 0 amide bonds. The summed E-state index contributed by atoms with van der Waals surface area (Å²) < 4.78 is 72.0. The fourth-order valence-electron chi connectivity index (χ4n) is 0.675. The van der Waals surface area contributed by atoms with E-state index in [0.717, 1.165) is 0 Å². The molecule has 9 heteroatoms. The summed E-state index contributed by atoms with van der Waals surface area (Å²) in [5, 5.41) is 2.74. The summed E-state index contributed by atoms with van der Waals surface area (Å²) >= 11 is 0. The topological polar surface area (TPSA) is 30.7 Å². The first-order valence-electron chi connectivity index (χ1n) is 3.20. The molecule has 3 nitrogen and oxygen atoms in total. The van der Waals surface area contributed by atoms with Crippen LogP contribution in [0.4, 0.5) is 26.3 Å². The molecule has 1 aromatic heterocycles. The second-order valence-electron chi connectivity index (χ2n) is 2.33. The lowest BCUT2D eigenvalue weighted by Crippen LogP contribution is -2.44. The molecule has 0 bridgehead atoms. The third kappa shape index (κ3) is 1.80. The van der Waals surface area contributed by atoms with Crippen molar-refractivity contribution in [2.45, 2.75) is 18.4 Å². The van der Waals surface area contributed by atoms with Crippen LogP contribution in [0.5, 0.6) is 0 Å². The molecule has 1 aromatic rings. The van der Waals surface area contributed by atoms with Crippen LogP contribution < -0.4 is 0 Å². The van der Waals surface area contributed by atoms with Crippen molar-refractivity contribution in [2.75, 3.05) is 0 Å². The van der Waals surface area contributed by atoms with E-state index < -0.39 is 23.1 Å². The van der Waals surface area contributed by atoms with E-state index in [-0.39, 0.29) is 0 Å². The second-order valence-corrected chi connectivity index (χ2v) is 2.33. The zero-order chi connectivity index (χ0) is 11.0. The maximum atomic E-state index is 12.6. The van der Waals surface area contributed by atoms with Gasteiger partial charge in [0.2, 0.25) is 0 Å². The summed E-state index contributed by atoms with van der Waals surface area (Å²) in [5.74, 6) is 0. The van der Waals surface area contributed by atoms with E-state index in [4.69, 9.17) is 0 Å². The zero-order valence-corrected chi connectivity index (χ0v) is 6.34. The molecule has 0 saturated heterocycles. The molecule has 1 unspecified atom stereocenters. The van der Waals surface area contributed by atoms with Crippen LogP contribution in [0.1, 0.15) is 0 Å². The number of hydrogen-bond donors (Lipinski definition) is 0. The van der Waals surface area contributed by atoms with Crippen LogP contribution in [0, 0.1) is 0 Å². The van der Waals surface area contributed by atoms with Crippen molar-refractivity contribution in [1.29, 1.82) is 0 Å². The van der Waals surface area contributed by atoms with Gasteiger partial charge in [-0.25, -0.2) is 9.37 Å². The minimum atomic E-state index is -5.64. The molecule has 0 radical (unpaired) electrons. The lowest BCUT2D eigenvalue weighted by Gasteiger charge is -2.21. The van der Waals surface area contributed by atoms with Crippen LogP contribution in [0.2, 0.25) is 0 Å². The van der Waals surface area contributed by atoms with Gasteiger partial charge in [0.05, 0.1) is 0 Å². The van der Waals surface area contributed by atoms with E-state index in [1.54, 1.807) is 0 Å². The Kier molecular flexibility index (Phi) is 2.42. The Morgan fingerprint density at radius 3 is 2.07 bits per heavy atom. The van der Waals surface area contributed by atoms with Crippen LogP contribution in [0.15, 0.2) is 12.7 Å². The van der Waals surface area contributed by atoms with Gasteiger partial charge in [0, 0.05) is 0 Å². The second kappa shape index (κ2) is 3.14. The largest absolute Gasteiger partial charge is 0.427 e. The summed E-state index contributed by atoms with van der Waals surface area (Å²) in [4.78, 5) is 2.99. The lowest BCUT2D eigenvalue weighted by atomic mass is 10.3. The van der Waals surface area contributed by atoms with Crippen LogP contribution in [-0.2, 0) is 6.05 Å². The van der Waals surface area contributed by atoms with Crippen molar-refractivity contribution >= 4 is 0 Å². The summed E-state index contributed by atoms with van der Waals surface area (Å²) in [7, 11) is 0. The molecule has 0 aliphatic heterocycles. The molecule has 1 atom stereocenters. The number of aromatic nitrogens is 3. The Labute approximate surface area is 73.3 Å². The molecule has 0 aliphatic carbocycles. The zero-order valence-electron chi connectivity index (χ0n) is 6.34. The summed E-state index contributed by atoms with van der Waals surface area (Å²) in [6.07, 6.45) is -9.07. The number of nitrogens with zero attached hydrogens (tertiary/aromatic N) is 3. The molecule has 1 rings (SSSR count). The Morgan fingerprint density at radius 2 is 1.71 bits per heavy atom. The number of rotatable bonds is 2.